The first-order valence-electron chi connectivity index (χ1n) is 7.05. The van der Waals surface area contributed by atoms with Gasteiger partial charge in [-0.3, -0.25) is 8.75 Å². The van der Waals surface area contributed by atoms with Gasteiger partial charge in [-0.05, 0) is 13.3 Å². The second-order valence-electron chi connectivity index (χ2n) is 4.65. The molecule has 0 spiro atoms. The first-order chi connectivity index (χ1) is 9.11. The first kappa shape index (κ1) is 18.4. The predicted molar refractivity (Wildman–Crippen MR) is 80.7 cm³/mol. The predicted octanol–water partition coefficient (Wildman–Crippen LogP) is 2.63. The number of aryl methyl sites for hydroxylation is 1. The summed E-state index contributed by atoms with van der Waals surface area (Å²) < 4.78 is 1.83. The van der Waals surface area contributed by atoms with Crippen LogP contribution >= 0.6 is 11.5 Å². The number of aliphatic hydroxyl groups excluding tert-OH is 2. The zero-order chi connectivity index (χ0) is 14.5. The molecule has 0 amide bonds. The van der Waals surface area contributed by atoms with E-state index in [1.807, 2.05) is 9.34 Å². The number of hydrogen-bond donors (Lipinski definition) is 2. The van der Waals surface area contributed by atoms with E-state index < -0.39 is 6.10 Å². The average Bonchev–Trinajstić information content (AvgIpc) is 2.80. The van der Waals surface area contributed by atoms with Gasteiger partial charge in [-0.2, -0.15) is 0 Å². The Kier molecular flexibility index (Phi) is 12.0. The van der Waals surface area contributed by atoms with Crippen molar-refractivity contribution in [1.29, 1.82) is 0 Å². The molecule has 1 unspecified atom stereocenters. The first-order valence-corrected chi connectivity index (χ1v) is 7.89. The number of aliphatic hydroxyl groups is 2. The Bertz CT molecular complexity index is 346. The molecule has 2 N–H and O–H groups in total. The molecule has 0 aliphatic heterocycles. The van der Waals surface area contributed by atoms with Gasteiger partial charge in [-0.1, -0.05) is 50.6 Å². The second kappa shape index (κ2) is 12.4. The largest absolute Gasteiger partial charge is 0.394 e. The molecule has 4 nitrogen and oxygen atoms in total. The van der Waals surface area contributed by atoms with Crippen molar-refractivity contribution in [2.75, 3.05) is 6.61 Å². The molecule has 1 atom stereocenters. The zero-order valence-electron chi connectivity index (χ0n) is 12.0. The molecule has 1 rings (SSSR count). The van der Waals surface area contributed by atoms with Crippen molar-refractivity contribution in [3.8, 4) is 0 Å². The van der Waals surface area contributed by atoms with Crippen molar-refractivity contribution in [3.05, 3.63) is 21.8 Å². The minimum absolute atomic E-state index is 0.139. The molecule has 19 heavy (non-hydrogen) atoms. The van der Waals surface area contributed by atoms with Crippen LogP contribution in [-0.2, 0) is 6.54 Å². The summed E-state index contributed by atoms with van der Waals surface area (Å²) in [5.41, 5.74) is 0.156. The van der Waals surface area contributed by atoms with Crippen LogP contribution in [0.5, 0.6) is 0 Å². The maximum atomic E-state index is 11.2. The van der Waals surface area contributed by atoms with Crippen LogP contribution in [-0.4, -0.2) is 26.9 Å². The van der Waals surface area contributed by atoms with Crippen molar-refractivity contribution in [2.45, 2.75) is 65.0 Å². The lowest BCUT2D eigenvalue weighted by Crippen LogP contribution is -2.11. The van der Waals surface area contributed by atoms with Crippen molar-refractivity contribution >= 4 is 11.5 Å². The fraction of sp³-hybridized carbons (Fsp3) is 0.786. The highest BCUT2D eigenvalue weighted by Crippen LogP contribution is 2.06. The van der Waals surface area contributed by atoms with Crippen molar-refractivity contribution in [3.63, 3.8) is 0 Å². The van der Waals surface area contributed by atoms with Gasteiger partial charge in [0.25, 0.3) is 5.56 Å². The highest BCUT2D eigenvalue weighted by atomic mass is 32.1. The quantitative estimate of drug-likeness (QED) is 0.723. The lowest BCUT2D eigenvalue weighted by atomic mass is 10.1. The summed E-state index contributed by atoms with van der Waals surface area (Å²) in [6.07, 6.45) is 7.14. The maximum Gasteiger partial charge on any atom is 0.260 e. The van der Waals surface area contributed by atoms with Crippen LogP contribution in [0.25, 0.3) is 0 Å². The fourth-order valence-electron chi connectivity index (χ4n) is 1.50. The van der Waals surface area contributed by atoms with Crippen LogP contribution < -0.4 is 5.56 Å². The van der Waals surface area contributed by atoms with Crippen LogP contribution in [0, 0.1) is 0 Å². The monoisotopic (exact) mass is 289 g/mol. The topological polar surface area (TPSA) is 62.5 Å². The van der Waals surface area contributed by atoms with Gasteiger partial charge in [0.2, 0.25) is 0 Å². The smallest absolute Gasteiger partial charge is 0.260 e. The van der Waals surface area contributed by atoms with E-state index in [1.54, 1.807) is 6.07 Å². The van der Waals surface area contributed by atoms with E-state index in [-0.39, 0.29) is 12.2 Å². The summed E-state index contributed by atoms with van der Waals surface area (Å²) in [7, 11) is 0. The Morgan fingerprint density at radius 3 is 2.32 bits per heavy atom. The third-order valence-electron chi connectivity index (χ3n) is 2.62. The summed E-state index contributed by atoms with van der Waals surface area (Å²) in [4.78, 5) is 11.2. The number of nitrogens with zero attached hydrogens (tertiary/aromatic N) is 1. The Hall–Kier alpha value is -0.650. The van der Waals surface area contributed by atoms with E-state index in [0.717, 1.165) is 13.0 Å². The Morgan fingerprint density at radius 2 is 1.84 bits per heavy atom. The molecule has 5 heteroatoms. The summed E-state index contributed by atoms with van der Waals surface area (Å²) in [5, 5.41) is 17.9. The summed E-state index contributed by atoms with van der Waals surface area (Å²) in [5.74, 6) is 0. The molecule has 0 saturated carbocycles. The Balaban J connectivity index is 0.000000555. The van der Waals surface area contributed by atoms with Crippen LogP contribution in [0.15, 0.2) is 16.2 Å². The van der Waals surface area contributed by atoms with E-state index in [9.17, 15) is 4.79 Å². The molecular weight excluding hydrogens is 262 g/mol. The lowest BCUT2D eigenvalue weighted by molar-refractivity contribution is 0.110. The molecule has 0 fully saturated rings. The molecule has 0 radical (unpaired) electrons. The minimum Gasteiger partial charge on any atom is -0.394 e. The number of unbranched alkanes of at least 4 members (excludes halogenated alkanes) is 5. The summed E-state index contributed by atoms with van der Waals surface area (Å²) >= 11 is 1.52. The maximum absolute atomic E-state index is 11.2. The van der Waals surface area contributed by atoms with Gasteiger partial charge in [-0.15, -0.1) is 0 Å². The van der Waals surface area contributed by atoms with E-state index in [2.05, 4.69) is 6.92 Å². The summed E-state index contributed by atoms with van der Waals surface area (Å²) in [6, 6.07) is 1.64. The van der Waals surface area contributed by atoms with Crippen molar-refractivity contribution in [2.24, 2.45) is 0 Å². The third-order valence-corrected chi connectivity index (χ3v) is 3.50. The zero-order valence-corrected chi connectivity index (χ0v) is 12.9. The van der Waals surface area contributed by atoms with Gasteiger partial charge in [0.05, 0.1) is 12.7 Å². The average molecular weight is 289 g/mol. The van der Waals surface area contributed by atoms with Crippen molar-refractivity contribution < 1.29 is 10.2 Å². The second-order valence-corrected chi connectivity index (χ2v) is 5.57. The van der Waals surface area contributed by atoms with Gasteiger partial charge >= 0.3 is 0 Å². The van der Waals surface area contributed by atoms with E-state index in [0.29, 0.717) is 0 Å². The van der Waals surface area contributed by atoms with E-state index >= 15 is 0 Å². The standard InChI is InChI=1S/C11H19NOS.C3H8O2/c1-2-3-4-5-6-7-9-12-11(13)8-10-14-12;1-3(5)2-4/h8,10H,2-7,9H2,1H3;3-5H,2H2,1H3. The van der Waals surface area contributed by atoms with Crippen LogP contribution in [0.4, 0.5) is 0 Å². The molecule has 0 aliphatic carbocycles. The van der Waals surface area contributed by atoms with E-state index in [1.165, 1.54) is 50.6 Å². The number of hydrogen-bond acceptors (Lipinski definition) is 4. The lowest BCUT2D eigenvalue weighted by Gasteiger charge is -2.00. The van der Waals surface area contributed by atoms with Gasteiger partial charge in [0.1, 0.15) is 0 Å². The SMILES string of the molecule is CC(O)CO.CCCCCCCCn1sccc1=O. The van der Waals surface area contributed by atoms with Crippen LogP contribution in [0.3, 0.4) is 0 Å². The molecule has 1 aromatic heterocycles. The summed E-state index contributed by atoms with van der Waals surface area (Å²) in [6.45, 7) is 4.52. The number of rotatable bonds is 8. The molecule has 1 aromatic rings. The highest BCUT2D eigenvalue weighted by molar-refractivity contribution is 7.04. The normalized spacial score (nSPS) is 11.8. The molecule has 0 bridgehead atoms. The minimum atomic E-state index is -0.560. The van der Waals surface area contributed by atoms with Gasteiger partial charge in [0.15, 0.2) is 0 Å². The molecule has 0 saturated heterocycles. The third kappa shape index (κ3) is 10.9. The fourth-order valence-corrected chi connectivity index (χ4v) is 2.22. The Morgan fingerprint density at radius 1 is 1.26 bits per heavy atom. The van der Waals surface area contributed by atoms with Gasteiger partial charge < -0.3 is 10.2 Å². The highest BCUT2D eigenvalue weighted by Gasteiger charge is 1.95. The molecule has 112 valence electrons. The molecule has 0 aromatic carbocycles. The van der Waals surface area contributed by atoms with Crippen LogP contribution in [0.1, 0.15) is 52.4 Å². The van der Waals surface area contributed by atoms with Crippen LogP contribution in [0.2, 0.25) is 0 Å². The number of aromatic nitrogens is 1. The Labute approximate surface area is 119 Å². The van der Waals surface area contributed by atoms with E-state index in [4.69, 9.17) is 10.2 Å². The van der Waals surface area contributed by atoms with Gasteiger partial charge in [0, 0.05) is 18.0 Å². The molecule has 0 aliphatic rings. The van der Waals surface area contributed by atoms with Crippen molar-refractivity contribution in [1.82, 2.24) is 3.96 Å². The molecular formula is C14H27NO3S. The van der Waals surface area contributed by atoms with Gasteiger partial charge in [-0.25, -0.2) is 0 Å². The molecule has 1 heterocycles.